The van der Waals surface area contributed by atoms with Crippen LogP contribution in [0.5, 0.6) is 0 Å². The summed E-state index contributed by atoms with van der Waals surface area (Å²) in [7, 11) is 0. The van der Waals surface area contributed by atoms with Crippen LogP contribution in [0.25, 0.3) is 0 Å². The Kier molecular flexibility index (Phi) is 8.83. The maximum atomic E-state index is 11.7. The molecule has 1 saturated heterocycles. The van der Waals surface area contributed by atoms with Crippen molar-refractivity contribution in [1.29, 1.82) is 0 Å². The molecule has 3 unspecified atom stereocenters. The van der Waals surface area contributed by atoms with Crippen molar-refractivity contribution in [3.8, 4) is 0 Å². The largest absolute Gasteiger partial charge is 1.00 e. The van der Waals surface area contributed by atoms with Crippen molar-refractivity contribution >= 4 is 35.6 Å². The molecular weight excluding hydrogens is 350 g/mol. The molecule has 0 saturated carbocycles. The number of rotatable bonds is 4. The Bertz CT molecular complexity index is 583. The average molecular weight is 360 g/mol. The Labute approximate surface area is 179 Å². The third kappa shape index (κ3) is 4.31. The van der Waals surface area contributed by atoms with Gasteiger partial charge in [0.2, 0.25) is 5.91 Å². The predicted molar refractivity (Wildman–Crippen MR) is 63.7 cm³/mol. The van der Waals surface area contributed by atoms with E-state index in [2.05, 4.69) is 4.74 Å². The summed E-state index contributed by atoms with van der Waals surface area (Å²) in [6.07, 6.45) is 0. The molecule has 2 N–H and O–H groups in total. The van der Waals surface area contributed by atoms with E-state index in [9.17, 15) is 29.4 Å². The van der Waals surface area contributed by atoms with Gasteiger partial charge in [0, 0.05) is 12.5 Å². The number of thioether (sulfide) groups is 1. The first-order chi connectivity index (χ1) is 9.75. The number of ether oxygens (including phenoxy) is 1. The van der Waals surface area contributed by atoms with Crippen LogP contribution in [-0.2, 0) is 23.9 Å². The monoisotopic (exact) mass is 360 g/mol. The van der Waals surface area contributed by atoms with Crippen molar-refractivity contribution in [3.63, 3.8) is 0 Å². The van der Waals surface area contributed by atoms with Gasteiger partial charge in [0.1, 0.15) is 18.0 Å². The number of carboxylic acids is 2. The van der Waals surface area contributed by atoms with Gasteiger partial charge in [-0.2, -0.15) is 0 Å². The van der Waals surface area contributed by atoms with E-state index in [4.69, 9.17) is 5.73 Å². The van der Waals surface area contributed by atoms with Crippen LogP contribution >= 0.6 is 11.8 Å². The molecule has 114 valence electrons. The topological polar surface area (TPSA) is 153 Å². The molecule has 23 heavy (non-hydrogen) atoms. The Morgan fingerprint density at radius 3 is 2.30 bits per heavy atom. The Morgan fingerprint density at radius 1 is 1.30 bits per heavy atom. The summed E-state index contributed by atoms with van der Waals surface area (Å²) in [6, 6.07) is -0.999. The minimum atomic E-state index is -1.74. The molecule has 0 spiro atoms. The number of hydrogen-bond acceptors (Lipinski definition) is 9. The number of aliphatic carboxylic acids is 2. The first-order valence-corrected chi connectivity index (χ1v) is 6.72. The minimum absolute atomic E-state index is 0. The number of nitrogens with two attached hydrogens (primary N) is 1. The molecule has 1 amide bonds. The molecule has 2 aliphatic rings. The zero-order chi connectivity index (χ0) is 15.9. The van der Waals surface area contributed by atoms with Crippen molar-refractivity contribution in [2.75, 3.05) is 6.61 Å². The molecular formula is C11H10N2Na2O7S. The van der Waals surface area contributed by atoms with Gasteiger partial charge in [0.25, 0.3) is 0 Å². The summed E-state index contributed by atoms with van der Waals surface area (Å²) in [4.78, 5) is 45.8. The maximum absolute atomic E-state index is 11.7. The molecule has 9 nitrogen and oxygen atoms in total. The number of hydrogen-bond donors (Lipinski definition) is 1. The second-order valence-corrected chi connectivity index (χ2v) is 5.63. The second kappa shape index (κ2) is 8.86. The van der Waals surface area contributed by atoms with Gasteiger partial charge in [0.15, 0.2) is 0 Å². The summed E-state index contributed by atoms with van der Waals surface area (Å²) in [5.74, 6) is -4.69. The van der Waals surface area contributed by atoms with E-state index >= 15 is 0 Å². The number of carboxylic acid groups (broad SMARTS) is 2. The molecule has 2 rings (SSSR count). The number of esters is 1. The molecule has 0 radical (unpaired) electrons. The van der Waals surface area contributed by atoms with Crippen LogP contribution in [0.2, 0.25) is 0 Å². The standard InChI is InChI=1S/C11H12N2O7S.2Na/c1-3(14)20-2-4-6(10(16)17)13-8(15)5(12)9(13)21-7(4)11(18)19;;/h5,7,9H,2,12H2,1H3,(H,16,17)(H,18,19);;/q;2*+1/p-2. The number of carbonyl (C=O) groups excluding carboxylic acids is 4. The first-order valence-electron chi connectivity index (χ1n) is 5.78. The summed E-state index contributed by atoms with van der Waals surface area (Å²) in [5.41, 5.74) is 4.63. The Hall–Kier alpha value is -0.0700. The predicted octanol–water partition coefficient (Wildman–Crippen LogP) is -10.1. The maximum Gasteiger partial charge on any atom is 1.00 e. The van der Waals surface area contributed by atoms with Crippen LogP contribution < -0.4 is 75.1 Å². The van der Waals surface area contributed by atoms with Gasteiger partial charge in [-0.1, -0.05) is 0 Å². The van der Waals surface area contributed by atoms with E-state index in [1.165, 1.54) is 0 Å². The fourth-order valence-electron chi connectivity index (χ4n) is 2.12. The van der Waals surface area contributed by atoms with Gasteiger partial charge >= 0.3 is 65.1 Å². The molecule has 12 heteroatoms. The van der Waals surface area contributed by atoms with Gasteiger partial charge in [-0.15, -0.1) is 11.8 Å². The minimum Gasteiger partial charge on any atom is -0.549 e. The third-order valence-corrected chi connectivity index (χ3v) is 4.59. The quantitative estimate of drug-likeness (QED) is 0.292. The number of amides is 1. The second-order valence-electron chi connectivity index (χ2n) is 4.40. The van der Waals surface area contributed by atoms with Crippen LogP contribution in [0.1, 0.15) is 6.92 Å². The van der Waals surface area contributed by atoms with E-state index in [-0.39, 0.29) is 64.7 Å². The number of fused-ring (bicyclic) bond motifs is 1. The van der Waals surface area contributed by atoms with Crippen molar-refractivity contribution in [1.82, 2.24) is 4.90 Å². The van der Waals surface area contributed by atoms with Crippen LogP contribution in [0.4, 0.5) is 0 Å². The summed E-state index contributed by atoms with van der Waals surface area (Å²) >= 11 is 0.760. The molecule has 2 heterocycles. The fraction of sp³-hybridized carbons (Fsp3) is 0.455. The van der Waals surface area contributed by atoms with Crippen molar-refractivity contribution in [2.24, 2.45) is 5.73 Å². The summed E-state index contributed by atoms with van der Waals surface area (Å²) < 4.78 is 4.65. The van der Waals surface area contributed by atoms with E-state index in [0.29, 0.717) is 0 Å². The number of nitrogens with zero attached hydrogens (tertiary/aromatic N) is 1. The Morgan fingerprint density at radius 2 is 1.87 bits per heavy atom. The zero-order valence-corrected chi connectivity index (χ0v) is 17.5. The molecule has 2 aliphatic heterocycles. The van der Waals surface area contributed by atoms with Crippen molar-refractivity contribution in [2.45, 2.75) is 23.6 Å². The van der Waals surface area contributed by atoms with Gasteiger partial charge in [-0.3, -0.25) is 14.5 Å². The van der Waals surface area contributed by atoms with E-state index in [1.807, 2.05) is 0 Å². The van der Waals surface area contributed by atoms with Crippen LogP contribution in [0.3, 0.4) is 0 Å². The normalized spacial score (nSPS) is 25.4. The van der Waals surface area contributed by atoms with Gasteiger partial charge < -0.3 is 30.3 Å². The van der Waals surface area contributed by atoms with E-state index in [1.54, 1.807) is 0 Å². The van der Waals surface area contributed by atoms with Crippen molar-refractivity contribution in [3.05, 3.63) is 11.3 Å². The van der Waals surface area contributed by atoms with E-state index < -0.39 is 52.8 Å². The molecule has 0 bridgehead atoms. The van der Waals surface area contributed by atoms with Crippen molar-refractivity contribution < 1.29 is 93.2 Å². The Balaban J connectivity index is 0.00000242. The van der Waals surface area contributed by atoms with Gasteiger partial charge in [0.05, 0.1) is 22.9 Å². The number of carbonyl (C=O) groups is 4. The molecule has 0 aromatic rings. The molecule has 0 aliphatic carbocycles. The van der Waals surface area contributed by atoms with Gasteiger partial charge in [-0.05, 0) is 0 Å². The van der Waals surface area contributed by atoms with Gasteiger partial charge in [-0.25, -0.2) is 0 Å². The van der Waals surface area contributed by atoms with Crippen LogP contribution in [0.15, 0.2) is 11.3 Å². The average Bonchev–Trinajstić information content (AvgIpc) is 2.41. The third-order valence-electron chi connectivity index (χ3n) is 3.06. The summed E-state index contributed by atoms with van der Waals surface area (Å²) in [6.45, 7) is 0.493. The zero-order valence-electron chi connectivity index (χ0n) is 12.7. The fourth-order valence-corrected chi connectivity index (χ4v) is 3.47. The molecule has 0 aromatic carbocycles. The molecule has 3 atom stereocenters. The smallest absolute Gasteiger partial charge is 0.549 e. The van der Waals surface area contributed by atoms with Crippen LogP contribution in [0, 0.1) is 0 Å². The van der Waals surface area contributed by atoms with E-state index in [0.717, 1.165) is 23.6 Å². The van der Waals surface area contributed by atoms with Crippen LogP contribution in [-0.4, -0.2) is 52.0 Å². The molecule has 1 fully saturated rings. The first kappa shape index (κ1) is 22.9. The number of β-lactam (4-membered cyclic amide) rings is 1. The SMILES string of the molecule is CC(=O)OCC1=C(C(=O)[O-])N2C(=O)C(N)C2SC1C(=O)[O-].[Na+].[Na+]. The summed E-state index contributed by atoms with van der Waals surface area (Å²) in [5, 5.41) is 20.2. The molecule has 0 aromatic heterocycles.